The molecule has 1 heterocycles. The summed E-state index contributed by atoms with van der Waals surface area (Å²) >= 11 is 6.12. The van der Waals surface area contributed by atoms with Crippen molar-refractivity contribution in [1.29, 1.82) is 0 Å². The standard InChI is InChI=1S/C23H20ClF3N2O/c24-17-4-1-3-16(13-17)22-28-19-6-2-5-18(19)20(29-22)11-14-7-9-15(10-8-14)12-21(30)23(25,26)27/h1,3-4,7-10,13,21,30H,2,5-6,11-12H2. The largest absolute Gasteiger partial charge is 0.414 e. The van der Waals surface area contributed by atoms with E-state index in [-0.39, 0.29) is 0 Å². The molecule has 0 fully saturated rings. The molecule has 0 saturated carbocycles. The zero-order valence-corrected chi connectivity index (χ0v) is 16.8. The molecule has 1 atom stereocenters. The highest BCUT2D eigenvalue weighted by molar-refractivity contribution is 6.30. The summed E-state index contributed by atoms with van der Waals surface area (Å²) in [6.45, 7) is 0. The number of aliphatic hydroxyl groups is 1. The van der Waals surface area contributed by atoms with Crippen molar-refractivity contribution < 1.29 is 18.3 Å². The van der Waals surface area contributed by atoms with E-state index in [1.807, 2.05) is 18.2 Å². The Hall–Kier alpha value is -2.44. The first-order valence-corrected chi connectivity index (χ1v) is 10.1. The Balaban J connectivity index is 1.59. The summed E-state index contributed by atoms with van der Waals surface area (Å²) in [6.07, 6.45) is -3.98. The van der Waals surface area contributed by atoms with E-state index in [1.165, 1.54) is 0 Å². The number of nitrogens with zero attached hydrogens (tertiary/aromatic N) is 2. The minimum Gasteiger partial charge on any atom is -0.383 e. The lowest BCUT2D eigenvalue weighted by atomic mass is 10.0. The fourth-order valence-electron chi connectivity index (χ4n) is 3.74. The van der Waals surface area contributed by atoms with Crippen LogP contribution < -0.4 is 0 Å². The van der Waals surface area contributed by atoms with Crippen LogP contribution in [0.25, 0.3) is 11.4 Å². The molecule has 1 N–H and O–H groups in total. The van der Waals surface area contributed by atoms with Crippen LogP contribution in [-0.2, 0) is 25.7 Å². The highest BCUT2D eigenvalue weighted by Crippen LogP contribution is 2.29. The quantitative estimate of drug-likeness (QED) is 0.591. The van der Waals surface area contributed by atoms with Crippen molar-refractivity contribution in [3.8, 4) is 11.4 Å². The van der Waals surface area contributed by atoms with Gasteiger partial charge in [0.05, 0.1) is 5.69 Å². The second kappa shape index (κ2) is 8.36. The molecule has 0 saturated heterocycles. The van der Waals surface area contributed by atoms with Crippen molar-refractivity contribution in [2.75, 3.05) is 0 Å². The smallest absolute Gasteiger partial charge is 0.383 e. The molecule has 3 aromatic rings. The molecule has 156 valence electrons. The lowest BCUT2D eigenvalue weighted by Gasteiger charge is -2.15. The van der Waals surface area contributed by atoms with E-state index in [1.54, 1.807) is 30.3 Å². The number of hydrogen-bond donors (Lipinski definition) is 1. The fourth-order valence-corrected chi connectivity index (χ4v) is 3.93. The predicted molar refractivity (Wildman–Crippen MR) is 110 cm³/mol. The summed E-state index contributed by atoms with van der Waals surface area (Å²) in [5, 5.41) is 9.88. The number of halogens is 4. The van der Waals surface area contributed by atoms with E-state index < -0.39 is 18.7 Å². The maximum Gasteiger partial charge on any atom is 0.414 e. The molecule has 4 rings (SSSR count). The molecule has 0 spiro atoms. The Morgan fingerprint density at radius 2 is 1.73 bits per heavy atom. The van der Waals surface area contributed by atoms with Crippen LogP contribution in [0.2, 0.25) is 5.02 Å². The van der Waals surface area contributed by atoms with Gasteiger partial charge in [0.1, 0.15) is 0 Å². The number of alkyl halides is 3. The van der Waals surface area contributed by atoms with E-state index in [2.05, 4.69) is 0 Å². The number of rotatable bonds is 5. The number of aliphatic hydroxyl groups excluding tert-OH is 1. The average molecular weight is 433 g/mol. The molecule has 1 aliphatic carbocycles. The Kier molecular flexibility index (Phi) is 5.80. The molecule has 3 nitrogen and oxygen atoms in total. The van der Waals surface area contributed by atoms with Gasteiger partial charge in [0, 0.05) is 29.1 Å². The van der Waals surface area contributed by atoms with Crippen LogP contribution in [0.4, 0.5) is 13.2 Å². The van der Waals surface area contributed by atoms with Gasteiger partial charge in [-0.3, -0.25) is 0 Å². The van der Waals surface area contributed by atoms with Gasteiger partial charge in [-0.15, -0.1) is 0 Å². The van der Waals surface area contributed by atoms with Crippen molar-refractivity contribution in [3.05, 3.63) is 81.6 Å². The van der Waals surface area contributed by atoms with Crippen LogP contribution in [0.1, 0.15) is 34.5 Å². The van der Waals surface area contributed by atoms with Gasteiger partial charge in [-0.1, -0.05) is 48.0 Å². The lowest BCUT2D eigenvalue weighted by molar-refractivity contribution is -0.203. The molecule has 1 aromatic heterocycles. The third-order valence-corrected chi connectivity index (χ3v) is 5.54. The first-order valence-electron chi connectivity index (χ1n) is 9.77. The third kappa shape index (κ3) is 4.65. The monoisotopic (exact) mass is 432 g/mol. The molecule has 2 aromatic carbocycles. The van der Waals surface area contributed by atoms with Crippen LogP contribution in [0.5, 0.6) is 0 Å². The molecule has 1 unspecified atom stereocenters. The van der Waals surface area contributed by atoms with Crippen LogP contribution in [-0.4, -0.2) is 27.4 Å². The maximum atomic E-state index is 12.6. The lowest BCUT2D eigenvalue weighted by Crippen LogP contribution is -2.30. The van der Waals surface area contributed by atoms with Gasteiger partial charge < -0.3 is 5.11 Å². The summed E-state index contributed by atoms with van der Waals surface area (Å²) in [4.78, 5) is 9.53. The second-order valence-electron chi connectivity index (χ2n) is 7.54. The van der Waals surface area contributed by atoms with Crippen molar-refractivity contribution in [2.45, 2.75) is 44.4 Å². The minimum atomic E-state index is -4.61. The highest BCUT2D eigenvalue weighted by atomic mass is 35.5. The number of hydrogen-bond acceptors (Lipinski definition) is 3. The van der Waals surface area contributed by atoms with Crippen molar-refractivity contribution in [1.82, 2.24) is 9.97 Å². The number of fused-ring (bicyclic) bond motifs is 1. The highest BCUT2D eigenvalue weighted by Gasteiger charge is 2.37. The summed E-state index contributed by atoms with van der Waals surface area (Å²) in [7, 11) is 0. The van der Waals surface area contributed by atoms with Crippen LogP contribution in [0.3, 0.4) is 0 Å². The first-order chi connectivity index (χ1) is 14.3. The SMILES string of the molecule is OC(Cc1ccc(Cc2nc(-c3cccc(Cl)c3)nc3c2CCC3)cc1)C(F)(F)F. The van der Waals surface area contributed by atoms with Gasteiger partial charge in [0.15, 0.2) is 11.9 Å². The van der Waals surface area contributed by atoms with Gasteiger partial charge in [-0.2, -0.15) is 13.2 Å². The molecule has 0 bridgehead atoms. The van der Waals surface area contributed by atoms with Crippen molar-refractivity contribution in [3.63, 3.8) is 0 Å². The zero-order chi connectivity index (χ0) is 21.3. The van der Waals surface area contributed by atoms with Crippen LogP contribution in [0.15, 0.2) is 48.5 Å². The van der Waals surface area contributed by atoms with Crippen LogP contribution in [0, 0.1) is 0 Å². The van der Waals surface area contributed by atoms with Gasteiger partial charge in [0.25, 0.3) is 0 Å². The van der Waals surface area contributed by atoms with E-state index in [4.69, 9.17) is 21.6 Å². The molecule has 1 aliphatic rings. The molecule has 0 radical (unpaired) electrons. The van der Waals surface area contributed by atoms with E-state index in [0.717, 1.165) is 47.3 Å². The van der Waals surface area contributed by atoms with E-state index >= 15 is 0 Å². The van der Waals surface area contributed by atoms with Crippen molar-refractivity contribution in [2.24, 2.45) is 0 Å². The number of benzene rings is 2. The Morgan fingerprint density at radius 3 is 2.43 bits per heavy atom. The summed E-state index contributed by atoms with van der Waals surface area (Å²) in [5.74, 6) is 0.637. The molecular weight excluding hydrogens is 413 g/mol. The first kappa shape index (κ1) is 20.8. The fraction of sp³-hybridized carbons (Fsp3) is 0.304. The zero-order valence-electron chi connectivity index (χ0n) is 16.1. The molecule has 0 amide bonds. The van der Waals surface area contributed by atoms with Crippen molar-refractivity contribution >= 4 is 11.6 Å². The van der Waals surface area contributed by atoms with Gasteiger partial charge in [-0.25, -0.2) is 9.97 Å². The number of aromatic nitrogens is 2. The second-order valence-corrected chi connectivity index (χ2v) is 7.97. The topological polar surface area (TPSA) is 46.0 Å². The minimum absolute atomic E-state index is 0.441. The normalized spacial score (nSPS) is 14.6. The third-order valence-electron chi connectivity index (χ3n) is 5.30. The molecule has 0 aliphatic heterocycles. The maximum absolute atomic E-state index is 12.6. The van der Waals surface area contributed by atoms with Crippen LogP contribution >= 0.6 is 11.6 Å². The predicted octanol–water partition coefficient (Wildman–Crippen LogP) is 5.34. The Bertz CT molecular complexity index is 1050. The molecule has 7 heteroatoms. The Morgan fingerprint density at radius 1 is 1.00 bits per heavy atom. The number of aryl methyl sites for hydroxylation is 1. The molecular formula is C23H20ClF3N2O. The average Bonchev–Trinajstić information content (AvgIpc) is 3.18. The summed E-state index contributed by atoms with van der Waals surface area (Å²) < 4.78 is 37.7. The van der Waals surface area contributed by atoms with Gasteiger partial charge in [0.2, 0.25) is 0 Å². The van der Waals surface area contributed by atoms with E-state index in [9.17, 15) is 18.3 Å². The summed E-state index contributed by atoms with van der Waals surface area (Å²) in [5.41, 5.74) is 5.41. The van der Waals surface area contributed by atoms with Gasteiger partial charge >= 0.3 is 6.18 Å². The Labute approximate surface area is 177 Å². The summed E-state index contributed by atoms with van der Waals surface area (Å²) in [6, 6.07) is 14.3. The molecule has 30 heavy (non-hydrogen) atoms. The van der Waals surface area contributed by atoms with Gasteiger partial charge in [-0.05, 0) is 48.1 Å². The van der Waals surface area contributed by atoms with E-state index in [0.29, 0.717) is 22.8 Å².